The van der Waals surface area contributed by atoms with E-state index < -0.39 is 29.4 Å². The number of benzene rings is 1. The smallest absolute Gasteiger partial charge is 0.300 e. The topological polar surface area (TPSA) is 30.0 Å². The van der Waals surface area contributed by atoms with Crippen LogP contribution in [-0.2, 0) is 17.1 Å². The molecule has 0 spiro atoms. The van der Waals surface area contributed by atoms with Crippen molar-refractivity contribution in [3.63, 3.8) is 0 Å². The second kappa shape index (κ2) is 9.18. The summed E-state index contributed by atoms with van der Waals surface area (Å²) in [5.41, 5.74) is -2.10. The van der Waals surface area contributed by atoms with Gasteiger partial charge in [0.1, 0.15) is 5.78 Å². The number of pyridine rings is 1. The standard InChI is InChI=1S/C22H23F6NO/c1-13(2)14(3)11-17(30)12-18(15-6-8-16(9-7-15)21(23,24)25)20-19(22(26,27)28)5-4-10-29-20/h4-10,13-14,18H,11-12H2,1-3H3/t14-,18+/m1/s1. The third-order valence-electron chi connectivity index (χ3n) is 5.23. The Morgan fingerprint density at radius 1 is 0.900 bits per heavy atom. The van der Waals surface area contributed by atoms with E-state index in [1.165, 1.54) is 6.20 Å². The van der Waals surface area contributed by atoms with Crippen LogP contribution in [0.25, 0.3) is 0 Å². The Kier molecular flexibility index (Phi) is 7.31. The molecule has 0 saturated carbocycles. The SMILES string of the molecule is CC(C)[C@H](C)CC(=O)C[C@@H](c1ccc(C(F)(F)F)cc1)c1ncccc1C(F)(F)F. The van der Waals surface area contributed by atoms with Crippen LogP contribution in [0.1, 0.15) is 61.9 Å². The molecular formula is C22H23F6NO. The molecule has 1 aromatic heterocycles. The quantitative estimate of drug-likeness (QED) is 0.447. The molecule has 164 valence electrons. The van der Waals surface area contributed by atoms with Gasteiger partial charge in [-0.05, 0) is 41.7 Å². The van der Waals surface area contributed by atoms with E-state index in [-0.39, 0.29) is 41.7 Å². The highest BCUT2D eigenvalue weighted by atomic mass is 19.4. The lowest BCUT2D eigenvalue weighted by atomic mass is 9.84. The number of hydrogen-bond acceptors (Lipinski definition) is 2. The van der Waals surface area contributed by atoms with E-state index >= 15 is 0 Å². The van der Waals surface area contributed by atoms with Gasteiger partial charge in [-0.3, -0.25) is 9.78 Å². The molecule has 0 N–H and O–H groups in total. The van der Waals surface area contributed by atoms with Crippen LogP contribution in [0.2, 0.25) is 0 Å². The van der Waals surface area contributed by atoms with E-state index in [1.54, 1.807) is 0 Å². The van der Waals surface area contributed by atoms with Crippen molar-refractivity contribution < 1.29 is 31.1 Å². The number of ketones is 1. The summed E-state index contributed by atoms with van der Waals surface area (Å²) in [7, 11) is 0. The zero-order valence-electron chi connectivity index (χ0n) is 16.8. The predicted octanol–water partition coefficient (Wildman–Crippen LogP) is 6.89. The van der Waals surface area contributed by atoms with E-state index in [1.807, 2.05) is 20.8 Å². The van der Waals surface area contributed by atoms with E-state index in [2.05, 4.69) is 4.98 Å². The van der Waals surface area contributed by atoms with Crippen molar-refractivity contribution in [1.82, 2.24) is 4.98 Å². The van der Waals surface area contributed by atoms with E-state index in [4.69, 9.17) is 0 Å². The van der Waals surface area contributed by atoms with Crippen LogP contribution >= 0.6 is 0 Å². The minimum Gasteiger partial charge on any atom is -0.300 e. The lowest BCUT2D eigenvalue weighted by molar-refractivity contribution is -0.139. The highest BCUT2D eigenvalue weighted by Crippen LogP contribution is 2.39. The van der Waals surface area contributed by atoms with Crippen molar-refractivity contribution >= 4 is 5.78 Å². The van der Waals surface area contributed by atoms with Gasteiger partial charge < -0.3 is 0 Å². The zero-order chi connectivity index (χ0) is 22.7. The predicted molar refractivity (Wildman–Crippen MR) is 101 cm³/mol. The highest BCUT2D eigenvalue weighted by Gasteiger charge is 2.37. The molecule has 2 rings (SSSR count). The fraction of sp³-hybridized carbons (Fsp3) is 0.455. The first-order valence-corrected chi connectivity index (χ1v) is 9.51. The van der Waals surface area contributed by atoms with Crippen LogP contribution in [-0.4, -0.2) is 10.8 Å². The fourth-order valence-electron chi connectivity index (χ4n) is 3.12. The number of nitrogens with zero attached hydrogens (tertiary/aromatic N) is 1. The minimum atomic E-state index is -4.71. The van der Waals surface area contributed by atoms with Crippen LogP contribution in [0.15, 0.2) is 42.6 Å². The van der Waals surface area contributed by atoms with E-state index in [0.717, 1.165) is 36.4 Å². The molecule has 8 heteroatoms. The number of hydrogen-bond donors (Lipinski definition) is 0. The van der Waals surface area contributed by atoms with Crippen molar-refractivity contribution in [2.24, 2.45) is 11.8 Å². The Bertz CT molecular complexity index is 855. The summed E-state index contributed by atoms with van der Waals surface area (Å²) in [5, 5.41) is 0. The van der Waals surface area contributed by atoms with Gasteiger partial charge >= 0.3 is 12.4 Å². The maximum absolute atomic E-state index is 13.5. The maximum atomic E-state index is 13.5. The summed E-state index contributed by atoms with van der Waals surface area (Å²) >= 11 is 0. The van der Waals surface area contributed by atoms with Gasteiger partial charge in [0.05, 0.1) is 16.8 Å². The molecule has 0 saturated heterocycles. The summed E-state index contributed by atoms with van der Waals surface area (Å²) in [4.78, 5) is 16.5. The number of Topliss-reactive ketones (excluding diaryl/α,β-unsaturated/α-hetero) is 1. The Hall–Kier alpha value is -2.38. The Labute approximate surface area is 171 Å². The highest BCUT2D eigenvalue weighted by molar-refractivity contribution is 5.80. The first-order valence-electron chi connectivity index (χ1n) is 9.51. The normalized spacial score (nSPS) is 14.6. The summed E-state index contributed by atoms with van der Waals surface area (Å²) in [5.74, 6) is -1.13. The third-order valence-corrected chi connectivity index (χ3v) is 5.23. The molecule has 0 amide bonds. The molecule has 0 aliphatic heterocycles. The van der Waals surface area contributed by atoms with Crippen molar-refractivity contribution in [1.29, 1.82) is 0 Å². The molecule has 2 atom stereocenters. The average molecular weight is 431 g/mol. The van der Waals surface area contributed by atoms with Gasteiger partial charge in [-0.15, -0.1) is 0 Å². The molecule has 0 radical (unpaired) electrons. The molecule has 1 aromatic carbocycles. The van der Waals surface area contributed by atoms with Gasteiger partial charge in [-0.25, -0.2) is 0 Å². The second-order valence-corrected chi connectivity index (χ2v) is 7.77. The molecule has 2 nitrogen and oxygen atoms in total. The Balaban J connectivity index is 2.48. The summed E-state index contributed by atoms with van der Waals surface area (Å²) < 4.78 is 79.2. The summed E-state index contributed by atoms with van der Waals surface area (Å²) in [6.45, 7) is 5.75. The van der Waals surface area contributed by atoms with Crippen molar-refractivity contribution in [2.75, 3.05) is 0 Å². The Morgan fingerprint density at radius 3 is 2.00 bits per heavy atom. The molecule has 0 unspecified atom stereocenters. The Morgan fingerprint density at radius 2 is 1.50 bits per heavy atom. The van der Waals surface area contributed by atoms with E-state index in [9.17, 15) is 31.1 Å². The molecule has 0 aliphatic carbocycles. The molecular weight excluding hydrogens is 408 g/mol. The second-order valence-electron chi connectivity index (χ2n) is 7.77. The lowest BCUT2D eigenvalue weighted by Crippen LogP contribution is -2.19. The number of aromatic nitrogens is 1. The number of alkyl halides is 6. The largest absolute Gasteiger partial charge is 0.418 e. The number of halogens is 6. The van der Waals surface area contributed by atoms with E-state index in [0.29, 0.717) is 0 Å². The van der Waals surface area contributed by atoms with Crippen LogP contribution < -0.4 is 0 Å². The molecule has 0 bridgehead atoms. The van der Waals surface area contributed by atoms with Crippen LogP contribution in [0.5, 0.6) is 0 Å². The summed E-state index contributed by atoms with van der Waals surface area (Å²) in [6, 6.07) is 5.84. The molecule has 0 aliphatic rings. The van der Waals surface area contributed by atoms with Crippen LogP contribution in [0, 0.1) is 11.8 Å². The first-order chi connectivity index (χ1) is 13.8. The van der Waals surface area contributed by atoms with Gasteiger partial charge in [0.25, 0.3) is 0 Å². The number of carbonyl (C=O) groups is 1. The molecule has 1 heterocycles. The third kappa shape index (κ3) is 6.06. The van der Waals surface area contributed by atoms with Gasteiger partial charge in [-0.1, -0.05) is 32.9 Å². The van der Waals surface area contributed by atoms with Gasteiger partial charge in [0.15, 0.2) is 0 Å². The lowest BCUT2D eigenvalue weighted by Gasteiger charge is -2.22. The van der Waals surface area contributed by atoms with Crippen molar-refractivity contribution in [3.05, 3.63) is 65.0 Å². The first kappa shape index (κ1) is 23.9. The van der Waals surface area contributed by atoms with Gasteiger partial charge in [0.2, 0.25) is 0 Å². The summed E-state index contributed by atoms with van der Waals surface area (Å²) in [6.07, 6.45) is -8.20. The zero-order valence-corrected chi connectivity index (χ0v) is 16.8. The maximum Gasteiger partial charge on any atom is 0.418 e. The van der Waals surface area contributed by atoms with Crippen LogP contribution in [0.4, 0.5) is 26.3 Å². The van der Waals surface area contributed by atoms with Crippen molar-refractivity contribution in [2.45, 2.75) is 51.9 Å². The fourth-order valence-corrected chi connectivity index (χ4v) is 3.12. The molecule has 0 fully saturated rings. The average Bonchev–Trinajstić information content (AvgIpc) is 2.64. The van der Waals surface area contributed by atoms with Crippen molar-refractivity contribution in [3.8, 4) is 0 Å². The molecule has 2 aromatic rings. The number of carbonyl (C=O) groups excluding carboxylic acids is 1. The van der Waals surface area contributed by atoms with Gasteiger partial charge in [0, 0.05) is 25.0 Å². The molecule has 30 heavy (non-hydrogen) atoms. The van der Waals surface area contributed by atoms with Crippen LogP contribution in [0.3, 0.4) is 0 Å². The monoisotopic (exact) mass is 431 g/mol. The minimum absolute atomic E-state index is 0.0246. The number of rotatable bonds is 7. The van der Waals surface area contributed by atoms with Gasteiger partial charge in [-0.2, -0.15) is 26.3 Å².